The van der Waals surface area contributed by atoms with Gasteiger partial charge >= 0.3 is 23.9 Å². The van der Waals surface area contributed by atoms with Gasteiger partial charge in [0.1, 0.15) is 28.9 Å². The van der Waals surface area contributed by atoms with Crippen molar-refractivity contribution in [3.8, 4) is 0 Å². The maximum absolute atomic E-state index is 16.1. The normalized spacial score (nSPS) is 25.7. The number of rotatable bonds is 39. The fourth-order valence-electron chi connectivity index (χ4n) is 12.6. The number of nitrogens with zero attached hydrogens (tertiary/aromatic N) is 1. The summed E-state index contributed by atoms with van der Waals surface area (Å²) < 4.78 is 75.9. The summed E-state index contributed by atoms with van der Waals surface area (Å²) >= 11 is 0. The maximum Gasteiger partial charge on any atom is 0.338 e. The Morgan fingerprint density at radius 2 is 1.20 bits per heavy atom. The lowest BCUT2D eigenvalue weighted by Crippen LogP contribution is -2.81. The molecule has 1 saturated heterocycles. The summed E-state index contributed by atoms with van der Waals surface area (Å²) in [6.45, 7) is 12.3. The van der Waals surface area contributed by atoms with E-state index in [1.165, 1.54) is 19.1 Å². The van der Waals surface area contributed by atoms with Gasteiger partial charge < -0.3 is 82.2 Å². The first kappa shape index (κ1) is 74.6. The number of pyridine rings is 1. The van der Waals surface area contributed by atoms with Crippen LogP contribution in [0.3, 0.4) is 0 Å². The molecule has 518 valence electrons. The Hall–Kier alpha value is -6.21. The Bertz CT molecular complexity index is 3140. The van der Waals surface area contributed by atoms with E-state index in [1.54, 1.807) is 127 Å². The monoisotopic (exact) mass is 1360 g/mol. The average molecular weight is 1360 g/mol. The van der Waals surface area contributed by atoms with E-state index in [2.05, 4.69) is 10.3 Å². The summed E-state index contributed by atoms with van der Waals surface area (Å²) in [5.74, 6) is -8.09. The largest absolute Gasteiger partial charge is 0.460 e. The fraction of sp³-hybridized carbons (Fsp3) is 0.551. The number of nitrogens with one attached hydrogen (secondary N) is 1. The van der Waals surface area contributed by atoms with Crippen molar-refractivity contribution in [2.24, 2.45) is 22.7 Å². The number of hydrogen-bond donors (Lipinski definition) is 4. The van der Waals surface area contributed by atoms with Crippen LogP contribution in [-0.4, -0.2) is 216 Å². The van der Waals surface area contributed by atoms with Crippen molar-refractivity contribution < 1.29 is 106 Å². The molecule has 11 atom stereocenters. The minimum absolute atomic E-state index is 0.0422. The molecule has 3 fully saturated rings. The van der Waals surface area contributed by atoms with Gasteiger partial charge in [0, 0.05) is 48.6 Å². The molecular weight excluding hydrogens is 1270 g/mol. The van der Waals surface area contributed by atoms with Gasteiger partial charge in [-0.2, -0.15) is 0 Å². The Kier molecular flexibility index (Phi) is 28.6. The van der Waals surface area contributed by atoms with Gasteiger partial charge in [-0.15, -0.1) is 0 Å². The third-order valence-corrected chi connectivity index (χ3v) is 19.8. The van der Waals surface area contributed by atoms with E-state index < -0.39 is 125 Å². The van der Waals surface area contributed by atoms with Crippen LogP contribution >= 0.6 is 21.6 Å². The summed E-state index contributed by atoms with van der Waals surface area (Å²) in [5, 5.41) is 42.2. The van der Waals surface area contributed by atoms with Crippen LogP contribution in [0, 0.1) is 22.7 Å². The zero-order valence-corrected chi connectivity index (χ0v) is 55.9. The molecule has 3 aromatic carbocycles. The highest BCUT2D eigenvalue weighted by atomic mass is 33.1. The van der Waals surface area contributed by atoms with E-state index in [1.807, 2.05) is 18.2 Å². The summed E-state index contributed by atoms with van der Waals surface area (Å²) in [5.41, 5.74) is -7.71. The number of Topliss-reactive ketones (excluding diaryl/α,β-unsaturated/α-hetero) is 1. The maximum atomic E-state index is 16.1. The van der Waals surface area contributed by atoms with Gasteiger partial charge in [-0.25, -0.2) is 14.6 Å². The predicted octanol–water partition coefficient (Wildman–Crippen LogP) is 6.28. The molecule has 26 heteroatoms. The smallest absolute Gasteiger partial charge is 0.338 e. The van der Waals surface area contributed by atoms with Crippen LogP contribution in [-0.2, 0) is 80.8 Å². The molecule has 2 heterocycles. The molecule has 8 rings (SSSR count). The zero-order valence-electron chi connectivity index (χ0n) is 54.3. The Morgan fingerprint density at radius 3 is 1.72 bits per heavy atom. The van der Waals surface area contributed by atoms with E-state index >= 15 is 4.79 Å². The molecule has 0 spiro atoms. The number of aromatic nitrogens is 1. The standard InChI is InChI=1S/C69H88N2O22S2/c1-46-51(90-65(79)58(75)57(48-17-9-6-10-18-48)71-63(77)49-19-11-7-12-20-49)44-69(80)62(92-64(78)50-21-13-8-14-22-50)60-67(5,52(73)43-53-68(60,45-89-53)93-47(2)72)61(76)59(56(46)66(69,3)4)91-55(74)24-26-81-27-28-82-29-30-83-31-32-84-33-34-85-35-36-86-37-38-87-39-40-88-41-42-94-95-54-23-15-16-25-70-54/h6-23,25,46,51-53,57-58,60,62,73,75,80H,24,26-45H2,1-5H3,(H,71,77)/b59-56+/t46?,51?,52-,53?,57?,58+,60-,62-,67+,68-,69+/m0/s1. The van der Waals surface area contributed by atoms with Crippen LogP contribution in [0.25, 0.3) is 0 Å². The van der Waals surface area contributed by atoms with E-state index in [4.69, 9.17) is 61.6 Å². The number of carbonyl (C=O) groups is 6. The lowest BCUT2D eigenvalue weighted by atomic mass is 9.45. The number of carbonyl (C=O) groups excluding carboxylic acids is 6. The molecule has 1 aliphatic heterocycles. The summed E-state index contributed by atoms with van der Waals surface area (Å²) in [7, 11) is 3.32. The highest BCUT2D eigenvalue weighted by Crippen LogP contribution is 2.65. The van der Waals surface area contributed by atoms with Gasteiger partial charge in [-0.1, -0.05) is 104 Å². The SMILES string of the molecule is CC(=O)O[C@@]12COC1C[C@H](O)[C@@]1(C)C(=O)/C(OC(=O)CCOCCOCCOCCOCCOCCOCCOCCOCCSSc3ccccn3)=C3/C(C)C(OC(=O)[C@H](O)C(NC(=O)c4ccccc4)c4ccccc4)C[C@@](O)([C@@H](OC(=O)c4ccccc4)[C@@H]12)C3(C)C. The molecule has 1 aromatic heterocycles. The van der Waals surface area contributed by atoms with E-state index in [9.17, 15) is 39.3 Å². The van der Waals surface area contributed by atoms with Gasteiger partial charge in [-0.3, -0.25) is 19.2 Å². The van der Waals surface area contributed by atoms with Crippen molar-refractivity contribution in [3.63, 3.8) is 0 Å². The zero-order chi connectivity index (χ0) is 67.9. The number of allylic oxidation sites excluding steroid dienone is 1. The second-order valence-electron chi connectivity index (χ2n) is 24.0. The van der Waals surface area contributed by atoms with Crippen molar-refractivity contribution in [2.75, 3.05) is 118 Å². The Balaban J connectivity index is 0.855. The topological polar surface area (TPSA) is 308 Å². The van der Waals surface area contributed by atoms with Gasteiger partial charge in [0.15, 0.2) is 17.5 Å². The molecule has 24 nitrogen and oxygen atoms in total. The molecular formula is C69H88N2O22S2. The molecule has 3 aliphatic carbocycles. The van der Waals surface area contributed by atoms with Gasteiger partial charge in [0.05, 0.1) is 148 Å². The highest BCUT2D eigenvalue weighted by Gasteiger charge is 2.78. The highest BCUT2D eigenvalue weighted by molar-refractivity contribution is 8.76. The quantitative estimate of drug-likeness (QED) is 0.0165. The van der Waals surface area contributed by atoms with Crippen LogP contribution in [0.15, 0.2) is 132 Å². The Labute approximate surface area is 561 Å². The minimum Gasteiger partial charge on any atom is -0.460 e. The molecule has 2 saturated carbocycles. The molecule has 95 heavy (non-hydrogen) atoms. The third-order valence-electron chi connectivity index (χ3n) is 17.6. The summed E-state index contributed by atoms with van der Waals surface area (Å²) in [6.07, 6.45) is -7.69. The van der Waals surface area contributed by atoms with Crippen molar-refractivity contribution >= 4 is 57.2 Å². The van der Waals surface area contributed by atoms with Crippen molar-refractivity contribution in [2.45, 2.75) is 107 Å². The molecule has 0 radical (unpaired) electrons. The number of ether oxygens (including phenoxy) is 13. The Morgan fingerprint density at radius 1 is 0.684 bits per heavy atom. The number of aliphatic hydroxyl groups is 3. The molecule has 1 amide bonds. The summed E-state index contributed by atoms with van der Waals surface area (Å²) in [4.78, 5) is 90.9. The number of ketones is 1. The molecule has 4 unspecified atom stereocenters. The molecule has 2 bridgehead atoms. The lowest BCUT2D eigenvalue weighted by molar-refractivity contribution is -0.345. The first-order chi connectivity index (χ1) is 45.8. The van der Waals surface area contributed by atoms with Crippen molar-refractivity contribution in [1.29, 1.82) is 0 Å². The number of amides is 1. The number of hydrogen-bond acceptors (Lipinski definition) is 25. The second kappa shape index (κ2) is 36.4. The van der Waals surface area contributed by atoms with Crippen LogP contribution in [0.1, 0.15) is 86.2 Å². The van der Waals surface area contributed by atoms with Crippen molar-refractivity contribution in [3.05, 3.63) is 143 Å². The van der Waals surface area contributed by atoms with Crippen LogP contribution in [0.4, 0.5) is 0 Å². The first-order valence-corrected chi connectivity index (χ1v) is 34.2. The van der Waals surface area contributed by atoms with Crippen molar-refractivity contribution in [1.82, 2.24) is 10.3 Å². The average Bonchev–Trinajstić information content (AvgIpc) is 0.670. The van der Waals surface area contributed by atoms with Gasteiger partial charge in [0.25, 0.3) is 5.91 Å². The minimum atomic E-state index is -2.48. The third kappa shape index (κ3) is 19.1. The number of benzene rings is 3. The van der Waals surface area contributed by atoms with Crippen LogP contribution in [0.5, 0.6) is 0 Å². The molecule has 4 aromatic rings. The molecule has 4 N–H and O–H groups in total. The fourth-order valence-corrected chi connectivity index (χ4v) is 14.3. The lowest BCUT2D eigenvalue weighted by Gasteiger charge is -2.67. The van der Waals surface area contributed by atoms with E-state index in [0.717, 1.165) is 17.7 Å². The summed E-state index contributed by atoms with van der Waals surface area (Å²) in [6, 6.07) is 28.7. The van der Waals surface area contributed by atoms with Gasteiger partial charge in [0.2, 0.25) is 5.78 Å². The van der Waals surface area contributed by atoms with Gasteiger partial charge in [-0.05, 0) is 65.3 Å². The van der Waals surface area contributed by atoms with E-state index in [0.29, 0.717) is 78.2 Å². The number of aliphatic hydroxyl groups excluding tert-OH is 2. The molecule has 4 aliphatic rings. The number of fused-ring (bicyclic) bond motifs is 5. The first-order valence-electron chi connectivity index (χ1n) is 31.9. The number of esters is 4. The van der Waals surface area contributed by atoms with Crippen LogP contribution < -0.4 is 5.32 Å². The second-order valence-corrected chi connectivity index (χ2v) is 26.4. The van der Waals surface area contributed by atoms with E-state index in [-0.39, 0.29) is 62.8 Å². The van der Waals surface area contributed by atoms with Crippen LogP contribution in [0.2, 0.25) is 0 Å². The predicted molar refractivity (Wildman–Crippen MR) is 345 cm³/mol.